The van der Waals surface area contributed by atoms with Gasteiger partial charge in [-0.15, -0.1) is 0 Å². The molecule has 14 nitrogen and oxygen atoms in total. The summed E-state index contributed by atoms with van der Waals surface area (Å²) >= 11 is 0. The maximum atomic E-state index is 13.0. The van der Waals surface area contributed by atoms with Crippen molar-refractivity contribution in [1.82, 2.24) is 4.90 Å². The summed E-state index contributed by atoms with van der Waals surface area (Å²) < 4.78 is 32.2. The lowest BCUT2D eigenvalue weighted by atomic mass is 9.93. The lowest BCUT2D eigenvalue weighted by molar-refractivity contribution is -0.165. The van der Waals surface area contributed by atoms with Crippen LogP contribution >= 0.6 is 0 Å². The Balaban J connectivity index is 2.60. The van der Waals surface area contributed by atoms with Gasteiger partial charge < -0.3 is 33.3 Å². The molecule has 14 heteroatoms. The fraction of sp³-hybridized carbons (Fsp3) is 0.844. The first kappa shape index (κ1) is 53.3. The first-order valence-corrected chi connectivity index (χ1v) is 22.7. The van der Waals surface area contributed by atoms with E-state index in [1.165, 1.54) is 31.1 Å². The molecule has 0 bridgehead atoms. The van der Waals surface area contributed by atoms with Crippen LogP contribution in [0.15, 0.2) is 0 Å². The van der Waals surface area contributed by atoms with Gasteiger partial charge in [-0.05, 0) is 25.7 Å². The van der Waals surface area contributed by atoms with Crippen LogP contribution < -0.4 is 0 Å². The molecule has 0 aliphatic carbocycles. The smallest absolute Gasteiger partial charge is 0.306 e. The molecule has 0 radical (unpaired) electrons. The summed E-state index contributed by atoms with van der Waals surface area (Å²) in [6, 6.07) is -0.853. The van der Waals surface area contributed by atoms with Crippen LogP contribution in [-0.2, 0) is 62.0 Å². The fourth-order valence-electron chi connectivity index (χ4n) is 6.98. The minimum absolute atomic E-state index is 0.0829. The highest BCUT2D eigenvalue weighted by Crippen LogP contribution is 2.27. The molecule has 59 heavy (non-hydrogen) atoms. The summed E-state index contributed by atoms with van der Waals surface area (Å²) in [6.45, 7) is 7.52. The van der Waals surface area contributed by atoms with Gasteiger partial charge in [0.2, 0.25) is 5.91 Å². The monoisotopic (exact) mass is 840 g/mol. The first-order valence-electron chi connectivity index (χ1n) is 22.7. The molecule has 1 aliphatic rings. The number of esters is 5. The summed E-state index contributed by atoms with van der Waals surface area (Å²) in [4.78, 5) is 87.7. The summed E-state index contributed by atoms with van der Waals surface area (Å²) in [7, 11) is 0. The van der Waals surface area contributed by atoms with Gasteiger partial charge in [-0.3, -0.25) is 33.6 Å². The molecule has 340 valence electrons. The predicted octanol–water partition coefficient (Wildman–Crippen LogP) is 8.13. The molecule has 1 saturated heterocycles. The highest BCUT2D eigenvalue weighted by molar-refractivity contribution is 5.76. The number of hydrogen-bond acceptors (Lipinski definition) is 13. The second-order valence-corrected chi connectivity index (χ2v) is 16.0. The van der Waals surface area contributed by atoms with E-state index < -0.39 is 35.9 Å². The Morgan fingerprint density at radius 3 is 1.17 bits per heavy atom. The summed E-state index contributed by atoms with van der Waals surface area (Å²) in [5, 5.41) is 0. The minimum atomic E-state index is -0.596. The van der Waals surface area contributed by atoms with Gasteiger partial charge in [0.25, 0.3) is 6.47 Å². The van der Waals surface area contributed by atoms with Crippen LogP contribution in [0.3, 0.4) is 0 Å². The summed E-state index contributed by atoms with van der Waals surface area (Å²) in [6.07, 6.45) is 19.5. The number of nitrogens with zero attached hydrogens (tertiary/aromatic N) is 1. The maximum Gasteiger partial charge on any atom is 0.306 e. The number of carbonyl (C=O) groups is 7. The molecule has 1 fully saturated rings. The number of amides is 1. The molecule has 0 aromatic heterocycles. The van der Waals surface area contributed by atoms with Gasteiger partial charge >= 0.3 is 29.8 Å². The number of rotatable bonds is 38. The number of ether oxygens (including phenoxy) is 6. The lowest BCUT2D eigenvalue weighted by Gasteiger charge is -2.47. The van der Waals surface area contributed by atoms with Gasteiger partial charge in [0.1, 0.15) is 13.2 Å². The second-order valence-electron chi connectivity index (χ2n) is 16.0. The molecule has 1 rings (SSSR count). The topological polar surface area (TPSA) is 178 Å². The predicted molar refractivity (Wildman–Crippen MR) is 222 cm³/mol. The minimum Gasteiger partial charge on any atom is -0.467 e. The Morgan fingerprint density at radius 2 is 0.831 bits per heavy atom. The number of carbonyl (C=O) groups excluding carboxylic acids is 7. The third-order valence-electron chi connectivity index (χ3n) is 10.5. The largest absolute Gasteiger partial charge is 0.467 e. The third-order valence-corrected chi connectivity index (χ3v) is 10.5. The van der Waals surface area contributed by atoms with Crippen molar-refractivity contribution in [2.75, 3.05) is 39.6 Å². The molecule has 1 aliphatic heterocycles. The van der Waals surface area contributed by atoms with Gasteiger partial charge in [-0.1, -0.05) is 117 Å². The molecular weight excluding hydrogens is 762 g/mol. The van der Waals surface area contributed by atoms with E-state index in [2.05, 4.69) is 20.8 Å². The molecular formula is C45H77NO13. The van der Waals surface area contributed by atoms with E-state index in [-0.39, 0.29) is 102 Å². The highest BCUT2D eigenvalue weighted by atomic mass is 16.6. The van der Waals surface area contributed by atoms with Crippen molar-refractivity contribution in [3.8, 4) is 0 Å². The average molecular weight is 840 g/mol. The molecule has 1 heterocycles. The Hall–Kier alpha value is -3.71. The van der Waals surface area contributed by atoms with E-state index in [9.17, 15) is 33.6 Å². The van der Waals surface area contributed by atoms with E-state index in [1.54, 1.807) is 0 Å². The standard InChI is InChI=1S/C45H77NO13/c1-5-8-11-14-17-20-23-41(49)55-30-37(29-54-35-47)26-44(52)58-33-39-28-40(46(39)36(4)48)34-59-45(53)27-38(31-56-42(50)24-21-18-15-12-9-6-2)32-57-43(51)25-22-19-16-13-10-7-3/h35,37-40H,5-34H2,1-4H3. The van der Waals surface area contributed by atoms with Crippen molar-refractivity contribution < 1.29 is 62.0 Å². The second kappa shape index (κ2) is 35.1. The van der Waals surface area contributed by atoms with Crippen molar-refractivity contribution in [2.45, 2.75) is 194 Å². The van der Waals surface area contributed by atoms with Crippen LogP contribution in [0.25, 0.3) is 0 Å². The first-order chi connectivity index (χ1) is 28.5. The van der Waals surface area contributed by atoms with Crippen molar-refractivity contribution in [3.63, 3.8) is 0 Å². The molecule has 0 spiro atoms. The SMILES string of the molecule is CCCCCCCCC(=O)OCC(COC=O)CC(=O)OCC1CC(COC(=O)CC(COC(=O)CCCCCCCC)COC(=O)CCCCCCCC)N1C(C)=O. The number of hydrogen-bond donors (Lipinski definition) is 0. The van der Waals surface area contributed by atoms with E-state index >= 15 is 0 Å². The summed E-state index contributed by atoms with van der Waals surface area (Å²) in [5.41, 5.74) is 0. The van der Waals surface area contributed by atoms with Crippen LogP contribution in [0.5, 0.6) is 0 Å². The molecule has 0 aromatic carbocycles. The van der Waals surface area contributed by atoms with Gasteiger partial charge in [0.05, 0.1) is 51.4 Å². The highest BCUT2D eigenvalue weighted by Gasteiger charge is 2.41. The summed E-state index contributed by atoms with van der Waals surface area (Å²) in [5.74, 6) is -3.72. The van der Waals surface area contributed by atoms with Crippen LogP contribution in [0, 0.1) is 11.8 Å². The zero-order valence-corrected chi connectivity index (χ0v) is 36.9. The molecule has 3 unspecified atom stereocenters. The Bertz CT molecular complexity index is 1160. The normalized spacial score (nSPS) is 15.2. The van der Waals surface area contributed by atoms with Gasteiger partial charge in [-0.2, -0.15) is 0 Å². The van der Waals surface area contributed by atoms with Gasteiger partial charge in [0, 0.05) is 38.0 Å². The average Bonchev–Trinajstić information content (AvgIpc) is 3.19. The Kier molecular flexibility index (Phi) is 31.7. The number of likely N-dealkylation sites (tertiary alicyclic amines) is 1. The van der Waals surface area contributed by atoms with Crippen LogP contribution in [0.1, 0.15) is 182 Å². The molecule has 0 aromatic rings. The van der Waals surface area contributed by atoms with E-state index in [1.807, 2.05) is 0 Å². The van der Waals surface area contributed by atoms with Crippen LogP contribution in [0.4, 0.5) is 0 Å². The van der Waals surface area contributed by atoms with E-state index in [0.717, 1.165) is 96.3 Å². The van der Waals surface area contributed by atoms with Crippen LogP contribution in [0.2, 0.25) is 0 Å². The Labute approximate surface area is 353 Å². The molecule has 3 atom stereocenters. The lowest BCUT2D eigenvalue weighted by Crippen LogP contribution is -2.61. The van der Waals surface area contributed by atoms with Crippen LogP contribution in [-0.4, -0.2) is 98.9 Å². The quantitative estimate of drug-likeness (QED) is 0.0252. The third kappa shape index (κ3) is 27.6. The molecule has 0 N–H and O–H groups in total. The molecule has 1 amide bonds. The Morgan fingerprint density at radius 1 is 0.492 bits per heavy atom. The zero-order valence-electron chi connectivity index (χ0n) is 36.9. The van der Waals surface area contributed by atoms with E-state index in [0.29, 0.717) is 6.42 Å². The van der Waals surface area contributed by atoms with Gasteiger partial charge in [-0.25, -0.2) is 0 Å². The van der Waals surface area contributed by atoms with Gasteiger partial charge in [0.15, 0.2) is 0 Å². The van der Waals surface area contributed by atoms with Crippen molar-refractivity contribution in [3.05, 3.63) is 0 Å². The number of unbranched alkanes of at least 4 members (excludes halogenated alkanes) is 15. The van der Waals surface area contributed by atoms with E-state index in [4.69, 9.17) is 28.4 Å². The van der Waals surface area contributed by atoms with Crippen molar-refractivity contribution >= 4 is 42.2 Å². The molecule has 0 saturated carbocycles. The fourth-order valence-corrected chi connectivity index (χ4v) is 6.98. The maximum absolute atomic E-state index is 13.0. The van der Waals surface area contributed by atoms with Crippen molar-refractivity contribution in [2.24, 2.45) is 11.8 Å². The zero-order chi connectivity index (χ0) is 43.5. The van der Waals surface area contributed by atoms with Crippen molar-refractivity contribution in [1.29, 1.82) is 0 Å².